The van der Waals surface area contributed by atoms with Gasteiger partial charge in [0.1, 0.15) is 30.0 Å². The molecule has 0 radical (unpaired) electrons. The molecular formula is C27H28F3N3O7. The van der Waals surface area contributed by atoms with E-state index in [1.54, 1.807) is 13.3 Å². The zero-order valence-electron chi connectivity index (χ0n) is 21.5. The SMILES string of the molecule is COc1ccc2c(c1)CC(C(=O)Nc1ccc(-c3cn[nH]c3)cc1OC1CCOCC1)CO2.O=C(O)C(F)(F)F. The van der Waals surface area contributed by atoms with Crippen molar-refractivity contribution < 1.29 is 46.8 Å². The highest BCUT2D eigenvalue weighted by Crippen LogP contribution is 2.35. The number of rotatable bonds is 6. The van der Waals surface area contributed by atoms with Gasteiger partial charge >= 0.3 is 12.1 Å². The van der Waals surface area contributed by atoms with E-state index in [4.69, 9.17) is 28.8 Å². The van der Waals surface area contributed by atoms with Gasteiger partial charge in [-0.2, -0.15) is 18.3 Å². The molecule has 5 rings (SSSR count). The predicted octanol–water partition coefficient (Wildman–Crippen LogP) is 4.47. The molecule has 3 heterocycles. The molecular weight excluding hydrogens is 535 g/mol. The maximum Gasteiger partial charge on any atom is 0.490 e. The van der Waals surface area contributed by atoms with E-state index in [2.05, 4.69) is 15.5 Å². The van der Waals surface area contributed by atoms with E-state index in [1.165, 1.54) is 0 Å². The molecule has 0 aliphatic carbocycles. The summed E-state index contributed by atoms with van der Waals surface area (Å²) in [5.74, 6) is -0.973. The minimum Gasteiger partial charge on any atom is -0.497 e. The van der Waals surface area contributed by atoms with Gasteiger partial charge in [-0.3, -0.25) is 9.89 Å². The van der Waals surface area contributed by atoms with Gasteiger partial charge in [0.25, 0.3) is 0 Å². The molecule has 1 atom stereocenters. The molecule has 1 fully saturated rings. The van der Waals surface area contributed by atoms with Crippen molar-refractivity contribution in [2.75, 3.05) is 32.2 Å². The monoisotopic (exact) mass is 563 g/mol. The molecule has 1 unspecified atom stereocenters. The third kappa shape index (κ3) is 7.44. The van der Waals surface area contributed by atoms with Crippen LogP contribution in [0.25, 0.3) is 11.1 Å². The summed E-state index contributed by atoms with van der Waals surface area (Å²) >= 11 is 0. The number of aliphatic carboxylic acids is 1. The van der Waals surface area contributed by atoms with Gasteiger partial charge in [-0.1, -0.05) is 6.07 Å². The quantitative estimate of drug-likeness (QED) is 0.401. The number of carbonyl (C=O) groups is 2. The lowest BCUT2D eigenvalue weighted by Gasteiger charge is -2.27. The minimum atomic E-state index is -5.08. The minimum absolute atomic E-state index is 0.0476. The van der Waals surface area contributed by atoms with Crippen LogP contribution in [0.5, 0.6) is 17.2 Å². The summed E-state index contributed by atoms with van der Waals surface area (Å²) in [7, 11) is 1.63. The molecule has 40 heavy (non-hydrogen) atoms. The van der Waals surface area contributed by atoms with Crippen LogP contribution in [-0.4, -0.2) is 66.4 Å². The molecule has 0 bridgehead atoms. The number of benzene rings is 2. The number of fused-ring (bicyclic) bond motifs is 1. The molecule has 1 saturated heterocycles. The van der Waals surface area contributed by atoms with Crippen LogP contribution in [0.3, 0.4) is 0 Å². The van der Waals surface area contributed by atoms with Gasteiger partial charge in [0.2, 0.25) is 5.91 Å². The zero-order chi connectivity index (χ0) is 28.7. The Hall–Kier alpha value is -4.26. The van der Waals surface area contributed by atoms with E-state index < -0.39 is 12.1 Å². The van der Waals surface area contributed by atoms with Crippen molar-refractivity contribution in [1.29, 1.82) is 0 Å². The second-order valence-electron chi connectivity index (χ2n) is 9.11. The van der Waals surface area contributed by atoms with Crippen LogP contribution in [0.15, 0.2) is 48.8 Å². The summed E-state index contributed by atoms with van der Waals surface area (Å²) < 4.78 is 54.7. The largest absolute Gasteiger partial charge is 0.497 e. The van der Waals surface area contributed by atoms with Gasteiger partial charge in [0.15, 0.2) is 0 Å². The second kappa shape index (κ2) is 12.7. The molecule has 1 aromatic heterocycles. The molecule has 3 aromatic rings. The zero-order valence-corrected chi connectivity index (χ0v) is 21.5. The Labute approximate surface area is 227 Å². The lowest BCUT2D eigenvalue weighted by atomic mass is 9.95. The van der Waals surface area contributed by atoms with Gasteiger partial charge in [-0.15, -0.1) is 0 Å². The number of ether oxygens (including phenoxy) is 4. The Balaban J connectivity index is 0.000000470. The fourth-order valence-corrected chi connectivity index (χ4v) is 4.19. The Kier molecular flexibility index (Phi) is 9.15. The molecule has 13 heteroatoms. The maximum atomic E-state index is 13.2. The highest BCUT2D eigenvalue weighted by molar-refractivity contribution is 5.95. The number of methoxy groups -OCH3 is 1. The third-order valence-electron chi connectivity index (χ3n) is 6.32. The van der Waals surface area contributed by atoms with Gasteiger partial charge in [0.05, 0.1) is 38.1 Å². The number of nitrogens with one attached hydrogen (secondary N) is 2. The Morgan fingerprint density at radius 3 is 2.52 bits per heavy atom. The van der Waals surface area contributed by atoms with Crippen LogP contribution >= 0.6 is 0 Å². The van der Waals surface area contributed by atoms with Crippen LogP contribution in [0.4, 0.5) is 18.9 Å². The molecule has 10 nitrogen and oxygen atoms in total. The second-order valence-corrected chi connectivity index (χ2v) is 9.11. The summed E-state index contributed by atoms with van der Waals surface area (Å²) in [6.07, 6.45) is 0.776. The summed E-state index contributed by atoms with van der Waals surface area (Å²) in [6, 6.07) is 11.5. The van der Waals surface area contributed by atoms with Crippen molar-refractivity contribution in [3.63, 3.8) is 0 Å². The number of nitrogens with zero attached hydrogens (tertiary/aromatic N) is 1. The average Bonchev–Trinajstić information content (AvgIpc) is 3.49. The number of amides is 1. The first-order valence-electron chi connectivity index (χ1n) is 12.4. The third-order valence-corrected chi connectivity index (χ3v) is 6.32. The number of aromatic amines is 1. The normalized spacial score (nSPS) is 16.9. The first-order valence-corrected chi connectivity index (χ1v) is 12.4. The Morgan fingerprint density at radius 1 is 1.12 bits per heavy atom. The summed E-state index contributed by atoms with van der Waals surface area (Å²) in [4.78, 5) is 22.1. The van der Waals surface area contributed by atoms with Gasteiger partial charge < -0.3 is 29.4 Å². The van der Waals surface area contributed by atoms with Crippen LogP contribution in [0.2, 0.25) is 0 Å². The number of alkyl halides is 3. The fourth-order valence-electron chi connectivity index (χ4n) is 4.19. The molecule has 0 spiro atoms. The van der Waals surface area contributed by atoms with Crippen molar-refractivity contribution in [1.82, 2.24) is 10.2 Å². The van der Waals surface area contributed by atoms with Gasteiger partial charge in [0, 0.05) is 24.6 Å². The number of halogens is 3. The van der Waals surface area contributed by atoms with E-state index >= 15 is 0 Å². The molecule has 0 saturated carbocycles. The first kappa shape index (κ1) is 28.7. The van der Waals surface area contributed by atoms with Crippen LogP contribution in [-0.2, 0) is 20.7 Å². The molecule has 1 amide bonds. The van der Waals surface area contributed by atoms with Crippen molar-refractivity contribution in [2.45, 2.75) is 31.5 Å². The van der Waals surface area contributed by atoms with E-state index in [9.17, 15) is 18.0 Å². The predicted molar refractivity (Wildman–Crippen MR) is 136 cm³/mol. The Morgan fingerprint density at radius 2 is 1.88 bits per heavy atom. The summed E-state index contributed by atoms with van der Waals surface area (Å²) in [6.45, 7) is 1.68. The number of anilines is 1. The number of hydrogen-bond acceptors (Lipinski definition) is 7. The lowest BCUT2D eigenvalue weighted by Crippen LogP contribution is -2.33. The number of hydrogen-bond donors (Lipinski definition) is 3. The number of aromatic nitrogens is 2. The van der Waals surface area contributed by atoms with Gasteiger partial charge in [-0.05, 0) is 47.9 Å². The molecule has 214 valence electrons. The van der Waals surface area contributed by atoms with Crippen LogP contribution in [0, 0.1) is 5.92 Å². The van der Waals surface area contributed by atoms with E-state index in [-0.39, 0.29) is 17.9 Å². The van der Waals surface area contributed by atoms with E-state index in [0.717, 1.165) is 41.0 Å². The first-order chi connectivity index (χ1) is 19.1. The van der Waals surface area contributed by atoms with Gasteiger partial charge in [-0.25, -0.2) is 4.79 Å². The number of carboxylic acids is 1. The molecule has 2 aliphatic heterocycles. The molecule has 3 N–H and O–H groups in total. The fraction of sp³-hybridized carbons (Fsp3) is 0.370. The maximum absolute atomic E-state index is 13.2. The standard InChI is InChI=1S/C25H27N3O5.C2HF3O2/c1-30-21-3-5-23-17(11-21)10-18(15-32-23)25(29)28-22-4-2-16(19-13-26-27-14-19)12-24(22)33-20-6-8-31-9-7-20;3-2(4,5)1(6)7/h2-5,11-14,18,20H,6-10,15H2,1H3,(H,26,27)(H,28,29);(H,6,7). The Bertz CT molecular complexity index is 1310. The van der Waals surface area contributed by atoms with Crippen molar-refractivity contribution in [3.05, 3.63) is 54.4 Å². The average molecular weight is 564 g/mol. The smallest absolute Gasteiger partial charge is 0.490 e. The highest BCUT2D eigenvalue weighted by Gasteiger charge is 2.38. The number of carbonyl (C=O) groups excluding carboxylic acids is 1. The summed E-state index contributed by atoms with van der Waals surface area (Å²) in [5, 5.41) is 17.1. The molecule has 2 aromatic carbocycles. The number of carboxylic acid groups (broad SMARTS) is 1. The van der Waals surface area contributed by atoms with Crippen LogP contribution in [0.1, 0.15) is 18.4 Å². The summed E-state index contributed by atoms with van der Waals surface area (Å²) in [5.41, 5.74) is 3.53. The lowest BCUT2D eigenvalue weighted by molar-refractivity contribution is -0.192. The number of H-pyrrole nitrogens is 1. The highest BCUT2D eigenvalue weighted by atomic mass is 19.4. The van der Waals surface area contributed by atoms with E-state index in [1.807, 2.05) is 42.6 Å². The van der Waals surface area contributed by atoms with Crippen molar-refractivity contribution in [2.24, 2.45) is 5.92 Å². The van der Waals surface area contributed by atoms with E-state index in [0.29, 0.717) is 37.7 Å². The van der Waals surface area contributed by atoms with Crippen molar-refractivity contribution in [3.8, 4) is 28.4 Å². The van der Waals surface area contributed by atoms with Crippen molar-refractivity contribution >= 4 is 17.6 Å². The molecule has 2 aliphatic rings. The topological polar surface area (TPSA) is 132 Å². The van der Waals surface area contributed by atoms with Crippen LogP contribution < -0.4 is 19.5 Å².